The number of hydrogen-bond acceptors (Lipinski definition) is 7. The predicted molar refractivity (Wildman–Crippen MR) is 99.3 cm³/mol. The van der Waals surface area contributed by atoms with E-state index in [1.165, 1.54) is 29.1 Å². The van der Waals surface area contributed by atoms with Crippen LogP contribution in [0.15, 0.2) is 30.6 Å². The highest BCUT2D eigenvalue weighted by atomic mass is 16.5. The Morgan fingerprint density at radius 3 is 2.50 bits per heavy atom. The molecule has 12 nitrogen and oxygen atoms in total. The summed E-state index contributed by atoms with van der Waals surface area (Å²) in [6, 6.07) is 4.93. The van der Waals surface area contributed by atoms with Crippen molar-refractivity contribution in [2.24, 2.45) is 5.92 Å². The molecule has 0 aliphatic carbocycles. The molecule has 2 aromatic heterocycles. The van der Waals surface area contributed by atoms with Gasteiger partial charge in [-0.05, 0) is 17.7 Å². The van der Waals surface area contributed by atoms with Gasteiger partial charge in [-0.1, -0.05) is 12.1 Å². The molecule has 3 heterocycles. The molecular weight excluding hydrogens is 394 g/mol. The van der Waals surface area contributed by atoms with Crippen LogP contribution in [-0.4, -0.2) is 42.7 Å². The van der Waals surface area contributed by atoms with E-state index < -0.39 is 29.7 Å². The van der Waals surface area contributed by atoms with Gasteiger partial charge < -0.3 is 10.3 Å². The lowest BCUT2D eigenvalue weighted by molar-refractivity contribution is -0.621. The van der Waals surface area contributed by atoms with Crippen LogP contribution in [0.2, 0.25) is 0 Å². The van der Waals surface area contributed by atoms with Gasteiger partial charge in [0.25, 0.3) is 5.82 Å². The fourth-order valence-electron chi connectivity index (χ4n) is 3.62. The van der Waals surface area contributed by atoms with E-state index in [4.69, 9.17) is 0 Å². The monoisotopic (exact) mass is 411 g/mol. The molecule has 0 bridgehead atoms. The number of nitrogens with zero attached hydrogens (tertiary/aromatic N) is 4. The SMILES string of the molecule is Cc1c(C)[n+]([O-])c([C@H](c2cccc(O)c2)C2C(=O)NC(=O)NC2=O)n1-c1ncn[nH]1. The van der Waals surface area contributed by atoms with E-state index in [-0.39, 0.29) is 17.5 Å². The summed E-state index contributed by atoms with van der Waals surface area (Å²) in [5.41, 5.74) is 1.15. The number of aromatic amines is 1. The number of carbonyl (C=O) groups excluding carboxylic acids is 3. The van der Waals surface area contributed by atoms with Gasteiger partial charge in [-0.25, -0.2) is 14.6 Å². The molecule has 1 saturated heterocycles. The highest BCUT2D eigenvalue weighted by molar-refractivity contribution is 6.16. The zero-order chi connectivity index (χ0) is 21.6. The van der Waals surface area contributed by atoms with Crippen LogP contribution in [0.25, 0.3) is 5.95 Å². The number of amides is 4. The Balaban J connectivity index is 2.01. The Morgan fingerprint density at radius 1 is 1.20 bits per heavy atom. The molecule has 1 aliphatic rings. The molecule has 154 valence electrons. The summed E-state index contributed by atoms with van der Waals surface area (Å²) >= 11 is 0. The van der Waals surface area contributed by atoms with Gasteiger partial charge in [0.1, 0.15) is 29.6 Å². The van der Waals surface area contributed by atoms with Crippen LogP contribution in [0.4, 0.5) is 4.79 Å². The fraction of sp³-hybridized carbons (Fsp3) is 0.222. The second kappa shape index (κ2) is 6.99. The molecule has 0 saturated carbocycles. The normalized spacial score (nSPS) is 15.7. The summed E-state index contributed by atoms with van der Waals surface area (Å²) in [6.45, 7) is 3.27. The number of H-pyrrole nitrogens is 1. The van der Waals surface area contributed by atoms with Crippen molar-refractivity contribution in [3.05, 3.63) is 58.6 Å². The van der Waals surface area contributed by atoms with Crippen LogP contribution >= 0.6 is 0 Å². The van der Waals surface area contributed by atoms with Gasteiger partial charge in [0.2, 0.25) is 11.8 Å². The summed E-state index contributed by atoms with van der Waals surface area (Å²) in [5.74, 6) is -4.25. The molecule has 3 aromatic rings. The first-order valence-corrected chi connectivity index (χ1v) is 8.91. The summed E-state index contributed by atoms with van der Waals surface area (Å²) in [7, 11) is 0. The van der Waals surface area contributed by atoms with E-state index in [1.807, 2.05) is 0 Å². The predicted octanol–water partition coefficient (Wildman–Crippen LogP) is -0.335. The minimum Gasteiger partial charge on any atom is -0.711 e. The maximum Gasteiger partial charge on any atom is 0.328 e. The number of barbiturate groups is 1. The number of hydrogen-bond donors (Lipinski definition) is 4. The quantitative estimate of drug-likeness (QED) is 0.259. The number of aromatic nitrogens is 5. The van der Waals surface area contributed by atoms with Crippen molar-refractivity contribution in [2.75, 3.05) is 0 Å². The number of benzene rings is 1. The number of rotatable bonds is 4. The molecule has 4 rings (SSSR count). The van der Waals surface area contributed by atoms with E-state index >= 15 is 0 Å². The Morgan fingerprint density at radius 2 is 1.90 bits per heavy atom. The number of phenolic OH excluding ortho intramolecular Hbond substituents is 1. The van der Waals surface area contributed by atoms with E-state index in [9.17, 15) is 24.7 Å². The lowest BCUT2D eigenvalue weighted by Gasteiger charge is -2.27. The first-order valence-electron chi connectivity index (χ1n) is 8.91. The lowest BCUT2D eigenvalue weighted by atomic mass is 9.83. The molecular formula is C18H17N7O5. The topological polar surface area (TPSA) is 169 Å². The molecule has 30 heavy (non-hydrogen) atoms. The zero-order valence-electron chi connectivity index (χ0n) is 15.9. The van der Waals surface area contributed by atoms with Gasteiger partial charge >= 0.3 is 12.0 Å². The first kappa shape index (κ1) is 19.1. The van der Waals surface area contributed by atoms with E-state index in [2.05, 4.69) is 25.8 Å². The minimum atomic E-state index is -1.46. The number of imide groups is 2. The number of carbonyl (C=O) groups is 3. The fourth-order valence-corrected chi connectivity index (χ4v) is 3.62. The van der Waals surface area contributed by atoms with Crippen molar-refractivity contribution < 1.29 is 24.2 Å². The summed E-state index contributed by atoms with van der Waals surface area (Å²) in [4.78, 5) is 41.0. The number of urea groups is 1. The highest BCUT2D eigenvalue weighted by Gasteiger charge is 2.47. The third kappa shape index (κ3) is 2.94. The smallest absolute Gasteiger partial charge is 0.328 e. The molecule has 12 heteroatoms. The first-order chi connectivity index (χ1) is 14.3. The number of phenols is 1. The number of aromatic hydroxyl groups is 1. The maximum atomic E-state index is 13.2. The largest absolute Gasteiger partial charge is 0.711 e. The van der Waals surface area contributed by atoms with Gasteiger partial charge in [-0.15, -0.1) is 0 Å². The average Bonchev–Trinajstić information content (AvgIpc) is 3.28. The average molecular weight is 411 g/mol. The molecule has 4 amide bonds. The number of imidazole rings is 1. The van der Waals surface area contributed by atoms with Crippen LogP contribution in [0, 0.1) is 25.0 Å². The van der Waals surface area contributed by atoms with Crippen molar-refractivity contribution >= 4 is 17.8 Å². The van der Waals surface area contributed by atoms with Gasteiger partial charge in [0.05, 0.1) is 0 Å². The van der Waals surface area contributed by atoms with Crippen molar-refractivity contribution in [3.8, 4) is 11.7 Å². The van der Waals surface area contributed by atoms with Crippen molar-refractivity contribution in [1.82, 2.24) is 30.4 Å². The van der Waals surface area contributed by atoms with Crippen LogP contribution in [-0.2, 0) is 9.59 Å². The summed E-state index contributed by atoms with van der Waals surface area (Å²) in [6.07, 6.45) is 1.26. The highest BCUT2D eigenvalue weighted by Crippen LogP contribution is 2.35. The van der Waals surface area contributed by atoms with E-state index in [1.54, 1.807) is 19.9 Å². The van der Waals surface area contributed by atoms with Crippen LogP contribution in [0.1, 0.15) is 28.7 Å². The Bertz CT molecular complexity index is 1150. The molecule has 1 aliphatic heterocycles. The van der Waals surface area contributed by atoms with Gasteiger partial charge in [-0.3, -0.25) is 20.2 Å². The molecule has 0 radical (unpaired) electrons. The van der Waals surface area contributed by atoms with Crippen molar-refractivity contribution in [3.63, 3.8) is 0 Å². The molecule has 1 aromatic carbocycles. The van der Waals surface area contributed by atoms with Gasteiger partial charge in [-0.2, -0.15) is 14.6 Å². The summed E-state index contributed by atoms with van der Waals surface area (Å²) in [5, 5.41) is 33.8. The Hall–Kier alpha value is -4.22. The van der Waals surface area contributed by atoms with Crippen LogP contribution < -0.4 is 15.4 Å². The Labute approximate surface area is 169 Å². The maximum absolute atomic E-state index is 13.2. The molecule has 1 fully saturated rings. The third-order valence-corrected chi connectivity index (χ3v) is 5.09. The summed E-state index contributed by atoms with van der Waals surface area (Å²) < 4.78 is 2.06. The van der Waals surface area contributed by atoms with Crippen LogP contribution in [0.5, 0.6) is 5.75 Å². The van der Waals surface area contributed by atoms with Crippen molar-refractivity contribution in [1.29, 1.82) is 0 Å². The molecule has 0 unspecified atom stereocenters. The van der Waals surface area contributed by atoms with Gasteiger partial charge in [0, 0.05) is 13.8 Å². The molecule has 1 atom stereocenters. The molecule has 4 N–H and O–H groups in total. The minimum absolute atomic E-state index is 0.00278. The standard InChI is InChI=1S/C18H17N7O5/c1-8-9(2)25(30)16(24(8)17-19-7-20-23-17)12(10-4-3-5-11(26)6-10)13-14(27)21-18(29)22-15(13)28/h3-7,12-13,26H,1-2H3,(H,19,20,23)(H2,21,22,27,28,29)/t12-/m1/s1. The van der Waals surface area contributed by atoms with Crippen LogP contribution in [0.3, 0.4) is 0 Å². The number of nitrogens with one attached hydrogen (secondary N) is 3. The Kier molecular flexibility index (Phi) is 4.45. The molecule has 0 spiro atoms. The second-order valence-electron chi connectivity index (χ2n) is 6.83. The second-order valence-corrected chi connectivity index (χ2v) is 6.83. The third-order valence-electron chi connectivity index (χ3n) is 5.09. The van der Waals surface area contributed by atoms with Crippen molar-refractivity contribution in [2.45, 2.75) is 19.8 Å². The van der Waals surface area contributed by atoms with E-state index in [0.29, 0.717) is 21.7 Å². The lowest BCUT2D eigenvalue weighted by Crippen LogP contribution is -2.58. The van der Waals surface area contributed by atoms with Gasteiger partial charge in [0.15, 0.2) is 5.69 Å². The van der Waals surface area contributed by atoms with E-state index in [0.717, 1.165) is 0 Å². The zero-order valence-corrected chi connectivity index (χ0v) is 15.9.